The van der Waals surface area contributed by atoms with Crippen LogP contribution in [0.4, 0.5) is 0 Å². The fourth-order valence-corrected chi connectivity index (χ4v) is 3.90. The van der Waals surface area contributed by atoms with Crippen LogP contribution < -0.4 is 5.32 Å². The maximum Gasteiger partial charge on any atom is 0.230 e. The Bertz CT molecular complexity index is 745. The van der Waals surface area contributed by atoms with Crippen molar-refractivity contribution in [2.45, 2.75) is 51.1 Å². The number of carbonyl (C=O) groups is 1. The van der Waals surface area contributed by atoms with E-state index in [0.29, 0.717) is 0 Å². The Morgan fingerprint density at radius 2 is 2.08 bits per heavy atom. The van der Waals surface area contributed by atoms with Crippen molar-refractivity contribution in [1.29, 1.82) is 0 Å². The molecule has 0 unspecified atom stereocenters. The topological polar surface area (TPSA) is 58.4 Å². The molecule has 1 aromatic heterocycles. The minimum Gasteiger partial charge on any atom is -0.361 e. The van der Waals surface area contributed by atoms with Crippen molar-refractivity contribution in [3.63, 3.8) is 0 Å². The normalized spacial score (nSPS) is 22.1. The first-order chi connectivity index (χ1) is 12.1. The van der Waals surface area contributed by atoms with E-state index in [0.717, 1.165) is 55.9 Å². The van der Waals surface area contributed by atoms with Crippen LogP contribution in [0.3, 0.4) is 0 Å². The van der Waals surface area contributed by atoms with Crippen LogP contribution in [0.1, 0.15) is 41.8 Å². The van der Waals surface area contributed by atoms with Crippen molar-refractivity contribution in [3.05, 3.63) is 52.9 Å². The molecule has 1 N–H and O–H groups in total. The molecule has 2 aromatic rings. The number of nitrogens with zero attached hydrogens (tertiary/aromatic N) is 2. The third-order valence-corrected chi connectivity index (χ3v) is 5.68. The highest BCUT2D eigenvalue weighted by Gasteiger charge is 2.51. The van der Waals surface area contributed by atoms with E-state index in [1.807, 2.05) is 32.0 Å². The number of amides is 1. The fourth-order valence-electron chi connectivity index (χ4n) is 3.90. The van der Waals surface area contributed by atoms with E-state index in [1.165, 1.54) is 5.56 Å². The first kappa shape index (κ1) is 16.3. The molecule has 132 valence electrons. The predicted octanol–water partition coefficient (Wildman–Crippen LogP) is 2.71. The SMILES string of the molecule is Cc1noc(C)c1CN1CC[C@H](NC(=O)C2(c3ccccc3)CC2)C1. The summed E-state index contributed by atoms with van der Waals surface area (Å²) in [6.45, 7) is 6.67. The van der Waals surface area contributed by atoms with Crippen molar-refractivity contribution in [2.75, 3.05) is 13.1 Å². The summed E-state index contributed by atoms with van der Waals surface area (Å²) < 4.78 is 5.25. The van der Waals surface area contributed by atoms with Gasteiger partial charge in [0.15, 0.2) is 0 Å². The third-order valence-electron chi connectivity index (χ3n) is 5.68. The molecule has 25 heavy (non-hydrogen) atoms. The molecule has 4 rings (SSSR count). The Labute approximate surface area is 148 Å². The average molecular weight is 339 g/mol. The Morgan fingerprint density at radius 1 is 1.32 bits per heavy atom. The van der Waals surface area contributed by atoms with Crippen LogP contribution in [0.15, 0.2) is 34.9 Å². The molecule has 5 nitrogen and oxygen atoms in total. The van der Waals surface area contributed by atoms with Crippen molar-refractivity contribution in [2.24, 2.45) is 0 Å². The van der Waals surface area contributed by atoms with Gasteiger partial charge in [-0.1, -0.05) is 35.5 Å². The lowest BCUT2D eigenvalue weighted by Crippen LogP contribution is -2.42. The van der Waals surface area contributed by atoms with Gasteiger partial charge in [-0.05, 0) is 38.7 Å². The zero-order valence-electron chi connectivity index (χ0n) is 14.9. The van der Waals surface area contributed by atoms with Crippen LogP contribution in [0.5, 0.6) is 0 Å². The number of likely N-dealkylation sites (tertiary alicyclic amines) is 1. The fraction of sp³-hybridized carbons (Fsp3) is 0.500. The Morgan fingerprint density at radius 3 is 2.72 bits per heavy atom. The molecule has 5 heteroatoms. The lowest BCUT2D eigenvalue weighted by atomic mass is 9.94. The average Bonchev–Trinajstić information content (AvgIpc) is 3.24. The van der Waals surface area contributed by atoms with Gasteiger partial charge in [-0.3, -0.25) is 9.69 Å². The lowest BCUT2D eigenvalue weighted by Gasteiger charge is -2.20. The molecule has 2 aliphatic rings. The molecule has 1 atom stereocenters. The summed E-state index contributed by atoms with van der Waals surface area (Å²) in [6.07, 6.45) is 2.91. The Balaban J connectivity index is 1.36. The maximum atomic E-state index is 12.9. The molecule has 1 aliphatic heterocycles. The van der Waals surface area contributed by atoms with E-state index >= 15 is 0 Å². The van der Waals surface area contributed by atoms with E-state index in [9.17, 15) is 4.79 Å². The standard InChI is InChI=1S/C20H25N3O2/c1-14-18(15(2)25-22-14)13-23-11-8-17(12-23)21-19(24)20(9-10-20)16-6-4-3-5-7-16/h3-7,17H,8-13H2,1-2H3,(H,21,24)/t17-/m0/s1. The summed E-state index contributed by atoms with van der Waals surface area (Å²) in [5, 5.41) is 7.33. The van der Waals surface area contributed by atoms with E-state index in [4.69, 9.17) is 4.52 Å². The van der Waals surface area contributed by atoms with E-state index in [-0.39, 0.29) is 17.4 Å². The van der Waals surface area contributed by atoms with Gasteiger partial charge in [0.05, 0.1) is 11.1 Å². The summed E-state index contributed by atoms with van der Waals surface area (Å²) in [5.41, 5.74) is 3.01. The first-order valence-corrected chi connectivity index (χ1v) is 9.09. The zero-order chi connectivity index (χ0) is 17.4. The van der Waals surface area contributed by atoms with Gasteiger partial charge in [0.2, 0.25) is 5.91 Å². The van der Waals surface area contributed by atoms with Crippen LogP contribution in [0.25, 0.3) is 0 Å². The van der Waals surface area contributed by atoms with Gasteiger partial charge >= 0.3 is 0 Å². The van der Waals surface area contributed by atoms with Gasteiger partial charge < -0.3 is 9.84 Å². The zero-order valence-corrected chi connectivity index (χ0v) is 14.9. The molecule has 1 aliphatic carbocycles. The minimum atomic E-state index is -0.281. The van der Waals surface area contributed by atoms with E-state index in [1.54, 1.807) is 0 Å². The molecule has 0 bridgehead atoms. The van der Waals surface area contributed by atoms with Gasteiger partial charge in [-0.15, -0.1) is 0 Å². The summed E-state index contributed by atoms with van der Waals surface area (Å²) in [7, 11) is 0. The van der Waals surface area contributed by atoms with Gasteiger partial charge in [0.25, 0.3) is 0 Å². The molecule has 1 aromatic carbocycles. The minimum absolute atomic E-state index is 0.197. The van der Waals surface area contributed by atoms with Crippen LogP contribution in [-0.4, -0.2) is 35.1 Å². The first-order valence-electron chi connectivity index (χ1n) is 9.09. The number of rotatable bonds is 5. The molecule has 2 fully saturated rings. The quantitative estimate of drug-likeness (QED) is 0.910. The molecule has 1 amide bonds. The summed E-state index contributed by atoms with van der Waals surface area (Å²) in [6, 6.07) is 10.4. The number of hydrogen-bond acceptors (Lipinski definition) is 4. The smallest absolute Gasteiger partial charge is 0.230 e. The van der Waals surface area contributed by atoms with Crippen molar-refractivity contribution >= 4 is 5.91 Å². The van der Waals surface area contributed by atoms with Crippen LogP contribution in [0, 0.1) is 13.8 Å². The molecule has 1 saturated carbocycles. The molecular formula is C20H25N3O2. The van der Waals surface area contributed by atoms with Crippen molar-refractivity contribution < 1.29 is 9.32 Å². The molecular weight excluding hydrogens is 314 g/mol. The van der Waals surface area contributed by atoms with Gasteiger partial charge in [-0.2, -0.15) is 0 Å². The second-order valence-corrected chi connectivity index (χ2v) is 7.45. The maximum absolute atomic E-state index is 12.9. The Hall–Kier alpha value is -2.14. The number of benzene rings is 1. The highest BCUT2D eigenvalue weighted by Crippen LogP contribution is 2.48. The van der Waals surface area contributed by atoms with E-state index in [2.05, 4.69) is 27.5 Å². The third kappa shape index (κ3) is 3.09. The molecule has 2 heterocycles. The van der Waals surface area contributed by atoms with Crippen LogP contribution in [-0.2, 0) is 16.8 Å². The highest BCUT2D eigenvalue weighted by molar-refractivity contribution is 5.91. The van der Waals surface area contributed by atoms with Crippen molar-refractivity contribution in [1.82, 2.24) is 15.4 Å². The largest absolute Gasteiger partial charge is 0.361 e. The highest BCUT2D eigenvalue weighted by atomic mass is 16.5. The number of nitrogens with one attached hydrogen (secondary N) is 1. The number of hydrogen-bond donors (Lipinski definition) is 1. The summed E-state index contributed by atoms with van der Waals surface area (Å²) >= 11 is 0. The number of aromatic nitrogens is 1. The van der Waals surface area contributed by atoms with Crippen molar-refractivity contribution in [3.8, 4) is 0 Å². The second-order valence-electron chi connectivity index (χ2n) is 7.45. The number of carbonyl (C=O) groups excluding carboxylic acids is 1. The summed E-state index contributed by atoms with van der Waals surface area (Å²) in [5.74, 6) is 1.09. The molecule has 0 radical (unpaired) electrons. The number of aryl methyl sites for hydroxylation is 2. The second kappa shape index (κ2) is 6.30. The van der Waals surface area contributed by atoms with Gasteiger partial charge in [-0.25, -0.2) is 0 Å². The van der Waals surface area contributed by atoms with Gasteiger partial charge in [0, 0.05) is 31.2 Å². The lowest BCUT2D eigenvalue weighted by molar-refractivity contribution is -0.124. The van der Waals surface area contributed by atoms with Crippen LogP contribution in [0.2, 0.25) is 0 Å². The van der Waals surface area contributed by atoms with E-state index < -0.39 is 0 Å². The van der Waals surface area contributed by atoms with Crippen LogP contribution >= 0.6 is 0 Å². The predicted molar refractivity (Wildman–Crippen MR) is 95.2 cm³/mol. The van der Waals surface area contributed by atoms with Gasteiger partial charge in [0.1, 0.15) is 5.76 Å². The monoisotopic (exact) mass is 339 g/mol. The molecule has 0 spiro atoms. The Kier molecular flexibility index (Phi) is 4.12. The summed E-state index contributed by atoms with van der Waals surface area (Å²) in [4.78, 5) is 15.2. The molecule has 1 saturated heterocycles.